The summed E-state index contributed by atoms with van der Waals surface area (Å²) in [5, 5.41) is 9.25. The van der Waals surface area contributed by atoms with Gasteiger partial charge in [-0.05, 0) is 24.6 Å². The van der Waals surface area contributed by atoms with Gasteiger partial charge in [-0.1, -0.05) is 19.2 Å². The lowest BCUT2D eigenvalue weighted by Crippen LogP contribution is -2.14. The second kappa shape index (κ2) is 5.69. The molecule has 0 aliphatic carbocycles. The first-order valence-electron chi connectivity index (χ1n) is 3.67. The van der Waals surface area contributed by atoms with E-state index in [4.69, 9.17) is 5.73 Å². The second-order valence-electron chi connectivity index (χ2n) is 2.45. The molecule has 0 amide bonds. The molecule has 0 spiro atoms. The Morgan fingerprint density at radius 3 is 2.50 bits per heavy atom. The summed E-state index contributed by atoms with van der Waals surface area (Å²) in [4.78, 5) is 0. The van der Waals surface area contributed by atoms with E-state index in [9.17, 15) is 9.50 Å². The molecule has 0 aliphatic rings. The standard InChI is InChI=1S/C9H14FNO/c1-7(3-4-8(2)10)9(12)5-6-11/h3-4,9,12H,1-2,5-6,11H2/b4-3-. The van der Waals surface area contributed by atoms with Crippen LogP contribution in [0.5, 0.6) is 0 Å². The van der Waals surface area contributed by atoms with Gasteiger partial charge in [0, 0.05) is 0 Å². The van der Waals surface area contributed by atoms with Gasteiger partial charge >= 0.3 is 0 Å². The Morgan fingerprint density at radius 2 is 2.08 bits per heavy atom. The quantitative estimate of drug-likeness (QED) is 0.612. The lowest BCUT2D eigenvalue weighted by atomic mass is 10.1. The SMILES string of the molecule is C=C(F)/C=C\C(=C)C(O)CCN. The maximum absolute atomic E-state index is 12.1. The number of aliphatic hydroxyl groups excluding tert-OH is 1. The molecule has 0 aromatic carbocycles. The minimum Gasteiger partial charge on any atom is -0.388 e. The van der Waals surface area contributed by atoms with Crippen LogP contribution in [0, 0.1) is 0 Å². The van der Waals surface area contributed by atoms with E-state index >= 15 is 0 Å². The molecule has 3 N–H and O–H groups in total. The van der Waals surface area contributed by atoms with E-state index in [1.807, 2.05) is 0 Å². The van der Waals surface area contributed by atoms with Crippen molar-refractivity contribution in [3.05, 3.63) is 36.7 Å². The van der Waals surface area contributed by atoms with E-state index < -0.39 is 11.9 Å². The van der Waals surface area contributed by atoms with Gasteiger partial charge in [-0.3, -0.25) is 0 Å². The van der Waals surface area contributed by atoms with Crippen LogP contribution in [0.4, 0.5) is 4.39 Å². The van der Waals surface area contributed by atoms with Gasteiger partial charge in [-0.2, -0.15) is 0 Å². The van der Waals surface area contributed by atoms with E-state index in [-0.39, 0.29) is 0 Å². The highest BCUT2D eigenvalue weighted by atomic mass is 19.1. The van der Waals surface area contributed by atoms with Crippen molar-refractivity contribution in [1.82, 2.24) is 0 Å². The number of hydrogen-bond donors (Lipinski definition) is 2. The zero-order valence-corrected chi connectivity index (χ0v) is 6.96. The summed E-state index contributed by atoms with van der Waals surface area (Å²) in [6, 6.07) is 0. The summed E-state index contributed by atoms with van der Waals surface area (Å²) in [7, 11) is 0. The van der Waals surface area contributed by atoms with Crippen molar-refractivity contribution in [2.24, 2.45) is 5.73 Å². The van der Waals surface area contributed by atoms with Gasteiger partial charge in [0.2, 0.25) is 0 Å². The van der Waals surface area contributed by atoms with Gasteiger partial charge in [0.25, 0.3) is 0 Å². The first-order valence-corrected chi connectivity index (χ1v) is 3.67. The molecule has 12 heavy (non-hydrogen) atoms. The fraction of sp³-hybridized carbons (Fsp3) is 0.333. The predicted octanol–water partition coefficient (Wildman–Crippen LogP) is 1.29. The van der Waals surface area contributed by atoms with Crippen molar-refractivity contribution in [1.29, 1.82) is 0 Å². The third kappa shape index (κ3) is 4.82. The molecule has 0 heterocycles. The number of nitrogens with two attached hydrogens (primary N) is 1. The second-order valence-corrected chi connectivity index (χ2v) is 2.45. The summed E-state index contributed by atoms with van der Waals surface area (Å²) >= 11 is 0. The number of allylic oxidation sites excluding steroid dienone is 2. The molecule has 0 fully saturated rings. The van der Waals surface area contributed by atoms with Crippen LogP contribution in [0.3, 0.4) is 0 Å². The molecule has 1 atom stereocenters. The van der Waals surface area contributed by atoms with Crippen LogP contribution in [-0.2, 0) is 0 Å². The number of aliphatic hydroxyl groups is 1. The molecule has 2 nitrogen and oxygen atoms in total. The minimum atomic E-state index is -0.689. The predicted molar refractivity (Wildman–Crippen MR) is 48.2 cm³/mol. The van der Waals surface area contributed by atoms with E-state index in [0.29, 0.717) is 18.5 Å². The molecule has 0 saturated heterocycles. The van der Waals surface area contributed by atoms with Gasteiger partial charge in [-0.15, -0.1) is 0 Å². The summed E-state index contributed by atoms with van der Waals surface area (Å²) in [6.45, 7) is 6.96. The van der Waals surface area contributed by atoms with Gasteiger partial charge < -0.3 is 10.8 Å². The summed E-state index contributed by atoms with van der Waals surface area (Å²) < 4.78 is 12.1. The normalized spacial score (nSPS) is 13.2. The van der Waals surface area contributed by atoms with Crippen LogP contribution in [0.2, 0.25) is 0 Å². The Labute approximate surface area is 71.9 Å². The smallest absolute Gasteiger partial charge is 0.116 e. The van der Waals surface area contributed by atoms with Crippen molar-refractivity contribution in [2.45, 2.75) is 12.5 Å². The highest BCUT2D eigenvalue weighted by molar-refractivity contribution is 5.23. The van der Waals surface area contributed by atoms with Crippen LogP contribution >= 0.6 is 0 Å². The first-order chi connectivity index (χ1) is 5.57. The van der Waals surface area contributed by atoms with Gasteiger partial charge in [0.1, 0.15) is 5.83 Å². The van der Waals surface area contributed by atoms with E-state index in [2.05, 4.69) is 13.2 Å². The van der Waals surface area contributed by atoms with E-state index in [1.54, 1.807) is 0 Å². The molecule has 0 aromatic rings. The van der Waals surface area contributed by atoms with Crippen LogP contribution in [0.15, 0.2) is 36.7 Å². The maximum atomic E-state index is 12.1. The topological polar surface area (TPSA) is 46.2 Å². The monoisotopic (exact) mass is 171 g/mol. The lowest BCUT2D eigenvalue weighted by molar-refractivity contribution is 0.207. The molecule has 0 aliphatic heterocycles. The minimum absolute atomic E-state index is 0.380. The molecule has 0 rings (SSSR count). The fourth-order valence-corrected chi connectivity index (χ4v) is 0.652. The molecular formula is C9H14FNO. The van der Waals surface area contributed by atoms with Crippen LogP contribution < -0.4 is 5.73 Å². The lowest BCUT2D eigenvalue weighted by Gasteiger charge is -2.07. The Kier molecular flexibility index (Phi) is 5.25. The van der Waals surface area contributed by atoms with E-state index in [1.165, 1.54) is 6.08 Å². The average molecular weight is 171 g/mol. The average Bonchev–Trinajstić information content (AvgIpc) is 2.00. The van der Waals surface area contributed by atoms with Crippen LogP contribution in [0.1, 0.15) is 6.42 Å². The zero-order chi connectivity index (χ0) is 9.56. The Hall–Kier alpha value is -0.930. The molecule has 1 unspecified atom stereocenters. The molecule has 0 bridgehead atoms. The van der Waals surface area contributed by atoms with Crippen LogP contribution in [0.25, 0.3) is 0 Å². The molecular weight excluding hydrogens is 157 g/mol. The fourth-order valence-electron chi connectivity index (χ4n) is 0.652. The summed E-state index contributed by atoms with van der Waals surface area (Å²) in [5.74, 6) is -0.559. The van der Waals surface area contributed by atoms with Crippen molar-refractivity contribution in [3.8, 4) is 0 Å². The van der Waals surface area contributed by atoms with E-state index in [0.717, 1.165) is 6.08 Å². The first kappa shape index (κ1) is 11.1. The Morgan fingerprint density at radius 1 is 1.50 bits per heavy atom. The number of rotatable bonds is 5. The van der Waals surface area contributed by atoms with Crippen molar-refractivity contribution in [2.75, 3.05) is 6.54 Å². The largest absolute Gasteiger partial charge is 0.388 e. The molecule has 0 aromatic heterocycles. The number of hydrogen-bond acceptors (Lipinski definition) is 2. The molecule has 68 valence electrons. The number of halogens is 1. The molecule has 3 heteroatoms. The van der Waals surface area contributed by atoms with Crippen molar-refractivity contribution in [3.63, 3.8) is 0 Å². The molecule has 0 radical (unpaired) electrons. The van der Waals surface area contributed by atoms with Gasteiger partial charge in [0.15, 0.2) is 0 Å². The van der Waals surface area contributed by atoms with Crippen molar-refractivity contribution < 1.29 is 9.50 Å². The summed E-state index contributed by atoms with van der Waals surface area (Å²) in [6.07, 6.45) is 2.29. The maximum Gasteiger partial charge on any atom is 0.116 e. The zero-order valence-electron chi connectivity index (χ0n) is 6.96. The highest BCUT2D eigenvalue weighted by Crippen LogP contribution is 2.06. The highest BCUT2D eigenvalue weighted by Gasteiger charge is 2.03. The van der Waals surface area contributed by atoms with Gasteiger partial charge in [0.05, 0.1) is 6.10 Å². The summed E-state index contributed by atoms with van der Waals surface area (Å²) in [5.41, 5.74) is 5.65. The van der Waals surface area contributed by atoms with Crippen LogP contribution in [-0.4, -0.2) is 17.8 Å². The Bertz CT molecular complexity index is 199. The molecule has 0 saturated carbocycles. The van der Waals surface area contributed by atoms with Gasteiger partial charge in [-0.25, -0.2) is 4.39 Å². The third-order valence-electron chi connectivity index (χ3n) is 1.35. The third-order valence-corrected chi connectivity index (χ3v) is 1.35. The Balaban J connectivity index is 3.94. The van der Waals surface area contributed by atoms with Crippen molar-refractivity contribution >= 4 is 0 Å².